The SMILES string of the molecule is CC(C)C[C@@H](CC(=O)O)NC(=O)c1[nH]ncc1Cl. The van der Waals surface area contributed by atoms with Gasteiger partial charge < -0.3 is 10.4 Å². The predicted octanol–water partition coefficient (Wildman–Crippen LogP) is 1.68. The lowest BCUT2D eigenvalue weighted by atomic mass is 10.0. The van der Waals surface area contributed by atoms with Crippen molar-refractivity contribution in [2.45, 2.75) is 32.7 Å². The highest BCUT2D eigenvalue weighted by molar-refractivity contribution is 6.33. The maximum Gasteiger partial charge on any atom is 0.305 e. The Balaban J connectivity index is 2.68. The number of carbonyl (C=O) groups excluding carboxylic acids is 1. The summed E-state index contributed by atoms with van der Waals surface area (Å²) in [6, 6.07) is -0.422. The second kappa shape index (κ2) is 6.39. The number of halogens is 1. The van der Waals surface area contributed by atoms with Crippen LogP contribution in [0.25, 0.3) is 0 Å². The van der Waals surface area contributed by atoms with Crippen LogP contribution in [0.1, 0.15) is 37.2 Å². The molecule has 100 valence electrons. The van der Waals surface area contributed by atoms with Gasteiger partial charge in [-0.3, -0.25) is 14.7 Å². The predicted molar refractivity (Wildman–Crippen MR) is 66.6 cm³/mol. The monoisotopic (exact) mass is 273 g/mol. The summed E-state index contributed by atoms with van der Waals surface area (Å²) in [7, 11) is 0. The minimum atomic E-state index is -0.948. The summed E-state index contributed by atoms with van der Waals surface area (Å²) in [4.78, 5) is 22.6. The average molecular weight is 274 g/mol. The van der Waals surface area contributed by atoms with E-state index in [-0.39, 0.29) is 23.1 Å². The van der Waals surface area contributed by atoms with Crippen molar-refractivity contribution in [2.75, 3.05) is 0 Å². The molecule has 1 atom stereocenters. The van der Waals surface area contributed by atoms with Gasteiger partial charge in [0.25, 0.3) is 5.91 Å². The Morgan fingerprint density at radius 2 is 2.22 bits per heavy atom. The average Bonchev–Trinajstić information content (AvgIpc) is 2.61. The molecule has 0 bridgehead atoms. The molecule has 6 nitrogen and oxygen atoms in total. The minimum absolute atomic E-state index is 0.115. The third-order valence-corrected chi connectivity index (χ3v) is 2.62. The number of rotatable bonds is 6. The number of carboxylic acids is 1. The van der Waals surface area contributed by atoms with Crippen molar-refractivity contribution in [1.29, 1.82) is 0 Å². The van der Waals surface area contributed by atoms with Crippen molar-refractivity contribution in [3.63, 3.8) is 0 Å². The highest BCUT2D eigenvalue weighted by atomic mass is 35.5. The van der Waals surface area contributed by atoms with E-state index in [1.807, 2.05) is 13.8 Å². The largest absolute Gasteiger partial charge is 0.481 e. The highest BCUT2D eigenvalue weighted by Crippen LogP contribution is 2.13. The van der Waals surface area contributed by atoms with Gasteiger partial charge in [0, 0.05) is 6.04 Å². The number of nitrogens with one attached hydrogen (secondary N) is 2. The number of aromatic amines is 1. The van der Waals surface area contributed by atoms with Crippen LogP contribution in [0.3, 0.4) is 0 Å². The van der Waals surface area contributed by atoms with Crippen LogP contribution in [0, 0.1) is 5.92 Å². The first-order chi connectivity index (χ1) is 8.40. The van der Waals surface area contributed by atoms with E-state index < -0.39 is 17.9 Å². The van der Waals surface area contributed by atoms with Gasteiger partial charge in [-0.1, -0.05) is 25.4 Å². The van der Waals surface area contributed by atoms with Crippen molar-refractivity contribution >= 4 is 23.5 Å². The molecule has 0 aliphatic carbocycles. The molecule has 0 aliphatic rings. The summed E-state index contributed by atoms with van der Waals surface area (Å²) in [5.41, 5.74) is 0.149. The summed E-state index contributed by atoms with van der Waals surface area (Å²) in [6.07, 6.45) is 1.80. The van der Waals surface area contributed by atoms with Gasteiger partial charge in [-0.2, -0.15) is 5.10 Å². The molecule has 1 aromatic rings. The molecule has 0 saturated carbocycles. The number of amides is 1. The lowest BCUT2D eigenvalue weighted by molar-refractivity contribution is -0.137. The second-order valence-electron chi connectivity index (χ2n) is 4.49. The maximum absolute atomic E-state index is 11.8. The van der Waals surface area contributed by atoms with E-state index in [0.29, 0.717) is 6.42 Å². The number of carboxylic acid groups (broad SMARTS) is 1. The molecule has 1 aromatic heterocycles. The first-order valence-electron chi connectivity index (χ1n) is 5.61. The summed E-state index contributed by atoms with van der Waals surface area (Å²) in [5.74, 6) is -1.10. The molecule has 0 spiro atoms. The van der Waals surface area contributed by atoms with Crippen molar-refractivity contribution in [3.05, 3.63) is 16.9 Å². The molecule has 0 aromatic carbocycles. The molecule has 1 amide bonds. The van der Waals surface area contributed by atoms with Crippen molar-refractivity contribution < 1.29 is 14.7 Å². The smallest absolute Gasteiger partial charge is 0.305 e. The van der Waals surface area contributed by atoms with E-state index >= 15 is 0 Å². The van der Waals surface area contributed by atoms with Gasteiger partial charge in [0.2, 0.25) is 0 Å². The van der Waals surface area contributed by atoms with Gasteiger partial charge in [-0.15, -0.1) is 0 Å². The Morgan fingerprint density at radius 1 is 1.56 bits per heavy atom. The Hall–Kier alpha value is -1.56. The molecule has 0 fully saturated rings. The molecule has 1 rings (SSSR count). The summed E-state index contributed by atoms with van der Waals surface area (Å²) in [6.45, 7) is 3.92. The van der Waals surface area contributed by atoms with Crippen molar-refractivity contribution in [3.8, 4) is 0 Å². The molecular weight excluding hydrogens is 258 g/mol. The Kier molecular flexibility index (Phi) is 5.15. The van der Waals surface area contributed by atoms with Crippen LogP contribution >= 0.6 is 11.6 Å². The van der Waals surface area contributed by atoms with Gasteiger partial charge in [0.1, 0.15) is 5.69 Å². The first kappa shape index (κ1) is 14.5. The number of hydrogen-bond donors (Lipinski definition) is 3. The Bertz CT molecular complexity index is 431. The summed E-state index contributed by atoms with van der Waals surface area (Å²) >= 11 is 5.76. The molecule has 18 heavy (non-hydrogen) atoms. The highest BCUT2D eigenvalue weighted by Gasteiger charge is 2.20. The molecule has 0 radical (unpaired) electrons. The lowest BCUT2D eigenvalue weighted by Gasteiger charge is -2.18. The number of aromatic nitrogens is 2. The van der Waals surface area contributed by atoms with E-state index in [9.17, 15) is 9.59 Å². The third kappa shape index (κ3) is 4.37. The molecular formula is C11H16ClN3O3. The van der Waals surface area contributed by atoms with Gasteiger partial charge >= 0.3 is 5.97 Å². The number of aliphatic carboxylic acids is 1. The third-order valence-electron chi connectivity index (χ3n) is 2.33. The van der Waals surface area contributed by atoms with Gasteiger partial charge in [-0.25, -0.2) is 0 Å². The quantitative estimate of drug-likeness (QED) is 0.735. The summed E-state index contributed by atoms with van der Waals surface area (Å²) < 4.78 is 0. The maximum atomic E-state index is 11.8. The van der Waals surface area contributed by atoms with Gasteiger partial charge in [0.05, 0.1) is 17.6 Å². The zero-order valence-corrected chi connectivity index (χ0v) is 11.0. The topological polar surface area (TPSA) is 95.1 Å². The van der Waals surface area contributed by atoms with Crippen LogP contribution in [-0.2, 0) is 4.79 Å². The Labute approximate surface area is 110 Å². The van der Waals surface area contributed by atoms with Crippen LogP contribution < -0.4 is 5.32 Å². The van der Waals surface area contributed by atoms with Crippen LogP contribution in [-0.4, -0.2) is 33.2 Å². The number of H-pyrrole nitrogens is 1. The van der Waals surface area contributed by atoms with E-state index in [1.165, 1.54) is 6.20 Å². The van der Waals surface area contributed by atoms with Gasteiger partial charge in [0.15, 0.2) is 0 Å². The van der Waals surface area contributed by atoms with Crippen molar-refractivity contribution in [1.82, 2.24) is 15.5 Å². The molecule has 7 heteroatoms. The number of nitrogens with zero attached hydrogens (tertiary/aromatic N) is 1. The van der Waals surface area contributed by atoms with Gasteiger partial charge in [-0.05, 0) is 12.3 Å². The van der Waals surface area contributed by atoms with Crippen LogP contribution in [0.2, 0.25) is 5.02 Å². The molecule has 3 N–H and O–H groups in total. The van der Waals surface area contributed by atoms with E-state index in [4.69, 9.17) is 16.7 Å². The number of carbonyl (C=O) groups is 2. The fourth-order valence-corrected chi connectivity index (χ4v) is 1.84. The first-order valence-corrected chi connectivity index (χ1v) is 5.99. The van der Waals surface area contributed by atoms with E-state index in [1.54, 1.807) is 0 Å². The molecule has 0 aliphatic heterocycles. The molecule has 1 heterocycles. The zero-order valence-electron chi connectivity index (χ0n) is 10.2. The van der Waals surface area contributed by atoms with Crippen molar-refractivity contribution in [2.24, 2.45) is 5.92 Å². The molecule has 0 unspecified atom stereocenters. The molecule has 0 saturated heterocycles. The number of hydrogen-bond acceptors (Lipinski definition) is 3. The minimum Gasteiger partial charge on any atom is -0.481 e. The van der Waals surface area contributed by atoms with E-state index in [0.717, 1.165) is 0 Å². The van der Waals surface area contributed by atoms with Crippen LogP contribution in [0.4, 0.5) is 0 Å². The second-order valence-corrected chi connectivity index (χ2v) is 4.90. The van der Waals surface area contributed by atoms with E-state index in [2.05, 4.69) is 15.5 Å². The fourth-order valence-electron chi connectivity index (χ4n) is 1.66. The summed E-state index contributed by atoms with van der Waals surface area (Å²) in [5, 5.41) is 17.8. The Morgan fingerprint density at radius 3 is 2.67 bits per heavy atom. The zero-order chi connectivity index (χ0) is 13.7. The van der Waals surface area contributed by atoms with Crippen LogP contribution in [0.15, 0.2) is 6.20 Å². The lowest BCUT2D eigenvalue weighted by Crippen LogP contribution is -2.37. The van der Waals surface area contributed by atoms with Crippen LogP contribution in [0.5, 0.6) is 0 Å². The normalized spacial score (nSPS) is 12.4. The fraction of sp³-hybridized carbons (Fsp3) is 0.545. The standard InChI is InChI=1S/C11H16ClN3O3/c1-6(2)3-7(4-9(16)17)14-11(18)10-8(12)5-13-15-10/h5-7H,3-4H2,1-2H3,(H,13,15)(H,14,18)(H,16,17)/t7-/m0/s1.